The number of para-hydroxylation sites is 1. The fraction of sp³-hybridized carbons (Fsp3) is 0.333. The van der Waals surface area contributed by atoms with Crippen molar-refractivity contribution in [2.75, 3.05) is 32.6 Å². The van der Waals surface area contributed by atoms with E-state index in [1.165, 1.54) is 16.8 Å². The van der Waals surface area contributed by atoms with Gasteiger partial charge in [-0.15, -0.1) is 0 Å². The summed E-state index contributed by atoms with van der Waals surface area (Å²) in [7, 11) is 3.84. The van der Waals surface area contributed by atoms with Gasteiger partial charge in [-0.3, -0.25) is 0 Å². The molecule has 3 heteroatoms. The summed E-state index contributed by atoms with van der Waals surface area (Å²) in [6.45, 7) is 5.01. The second kappa shape index (κ2) is 7.70. The lowest BCUT2D eigenvalue weighted by molar-refractivity contribution is 0.339. The van der Waals surface area contributed by atoms with Gasteiger partial charge in [0.1, 0.15) is 5.75 Å². The maximum absolute atomic E-state index is 5.18. The number of aryl methyl sites for hydroxylation is 1. The molecule has 3 nitrogen and oxygen atoms in total. The molecule has 2 aromatic rings. The molecule has 0 radical (unpaired) electrons. The maximum Gasteiger partial charge on any atom is 0.118 e. The Labute approximate surface area is 127 Å². The highest BCUT2D eigenvalue weighted by Crippen LogP contribution is 2.14. The maximum atomic E-state index is 5.18. The van der Waals surface area contributed by atoms with Gasteiger partial charge in [-0.05, 0) is 43.3 Å². The van der Waals surface area contributed by atoms with Crippen LogP contribution in [0.3, 0.4) is 0 Å². The Morgan fingerprint density at radius 1 is 1.05 bits per heavy atom. The molecule has 2 aromatic carbocycles. The molecule has 0 unspecified atom stereocenters. The van der Waals surface area contributed by atoms with Crippen molar-refractivity contribution in [3.05, 3.63) is 59.7 Å². The Kier molecular flexibility index (Phi) is 5.64. The Morgan fingerprint density at radius 2 is 1.76 bits per heavy atom. The standard InChI is InChI=1S/C18H24N2O/c1-15-6-4-5-7-18(15)19-12-13-20(2)14-16-8-10-17(21-3)11-9-16/h4-11,19H,12-14H2,1-3H3. The van der Waals surface area contributed by atoms with Crippen LogP contribution in [0.2, 0.25) is 0 Å². The summed E-state index contributed by atoms with van der Waals surface area (Å²) in [6, 6.07) is 16.6. The zero-order valence-corrected chi connectivity index (χ0v) is 13.1. The number of hydrogen-bond acceptors (Lipinski definition) is 3. The van der Waals surface area contributed by atoms with Gasteiger partial charge in [-0.25, -0.2) is 0 Å². The molecule has 0 heterocycles. The third-order valence-electron chi connectivity index (χ3n) is 3.57. The lowest BCUT2D eigenvalue weighted by Gasteiger charge is -2.18. The highest BCUT2D eigenvalue weighted by Gasteiger charge is 2.01. The molecule has 0 aliphatic carbocycles. The second-order valence-electron chi connectivity index (χ2n) is 5.33. The quantitative estimate of drug-likeness (QED) is 0.841. The van der Waals surface area contributed by atoms with Crippen LogP contribution in [0.25, 0.3) is 0 Å². The lowest BCUT2D eigenvalue weighted by Crippen LogP contribution is -2.24. The van der Waals surface area contributed by atoms with E-state index in [9.17, 15) is 0 Å². The largest absolute Gasteiger partial charge is 0.497 e. The summed E-state index contributed by atoms with van der Waals surface area (Å²) in [4.78, 5) is 2.31. The minimum absolute atomic E-state index is 0.905. The Bertz CT molecular complexity index is 551. The Balaban J connectivity index is 1.76. The number of rotatable bonds is 7. The number of likely N-dealkylation sites (N-methyl/N-ethyl adjacent to an activating group) is 1. The first-order valence-corrected chi connectivity index (χ1v) is 7.30. The van der Waals surface area contributed by atoms with Crippen molar-refractivity contribution in [3.63, 3.8) is 0 Å². The summed E-state index contributed by atoms with van der Waals surface area (Å²) < 4.78 is 5.18. The molecule has 0 saturated heterocycles. The Morgan fingerprint density at radius 3 is 2.43 bits per heavy atom. The Hall–Kier alpha value is -2.00. The molecule has 0 aliphatic rings. The van der Waals surface area contributed by atoms with E-state index in [1.807, 2.05) is 12.1 Å². The molecule has 112 valence electrons. The fourth-order valence-corrected chi connectivity index (χ4v) is 2.27. The number of nitrogens with one attached hydrogen (secondary N) is 1. The van der Waals surface area contributed by atoms with E-state index < -0.39 is 0 Å². The van der Waals surface area contributed by atoms with Crippen LogP contribution < -0.4 is 10.1 Å². The van der Waals surface area contributed by atoms with Crippen LogP contribution in [0.4, 0.5) is 5.69 Å². The van der Waals surface area contributed by atoms with E-state index in [4.69, 9.17) is 4.74 Å². The molecular weight excluding hydrogens is 260 g/mol. The molecule has 0 aromatic heterocycles. The van der Waals surface area contributed by atoms with Crippen molar-refractivity contribution >= 4 is 5.69 Å². The molecule has 0 spiro atoms. The number of anilines is 1. The van der Waals surface area contributed by atoms with Crippen LogP contribution in [0.5, 0.6) is 5.75 Å². The van der Waals surface area contributed by atoms with Crippen LogP contribution in [0, 0.1) is 6.92 Å². The summed E-state index contributed by atoms with van der Waals surface area (Å²) >= 11 is 0. The number of benzene rings is 2. The van der Waals surface area contributed by atoms with E-state index in [2.05, 4.69) is 60.6 Å². The van der Waals surface area contributed by atoms with Gasteiger partial charge < -0.3 is 15.0 Å². The second-order valence-corrected chi connectivity index (χ2v) is 5.33. The van der Waals surface area contributed by atoms with Crippen LogP contribution >= 0.6 is 0 Å². The van der Waals surface area contributed by atoms with Gasteiger partial charge in [0.25, 0.3) is 0 Å². The monoisotopic (exact) mass is 284 g/mol. The van der Waals surface area contributed by atoms with Crippen molar-refractivity contribution < 1.29 is 4.74 Å². The predicted octanol–water partition coefficient (Wildman–Crippen LogP) is 3.55. The van der Waals surface area contributed by atoms with E-state index in [0.717, 1.165) is 25.4 Å². The fourth-order valence-electron chi connectivity index (χ4n) is 2.27. The molecule has 1 N–H and O–H groups in total. The minimum atomic E-state index is 0.905. The normalized spacial score (nSPS) is 10.7. The predicted molar refractivity (Wildman–Crippen MR) is 89.0 cm³/mol. The molecule has 0 amide bonds. The van der Waals surface area contributed by atoms with Crippen LogP contribution in [0.1, 0.15) is 11.1 Å². The van der Waals surface area contributed by atoms with Crippen molar-refractivity contribution in [3.8, 4) is 5.75 Å². The van der Waals surface area contributed by atoms with Gasteiger partial charge in [0.05, 0.1) is 7.11 Å². The van der Waals surface area contributed by atoms with Crippen molar-refractivity contribution in [2.24, 2.45) is 0 Å². The topological polar surface area (TPSA) is 24.5 Å². The molecule has 2 rings (SSSR count). The lowest BCUT2D eigenvalue weighted by atomic mass is 10.2. The summed E-state index contributed by atoms with van der Waals surface area (Å²) in [5.41, 5.74) is 3.81. The van der Waals surface area contributed by atoms with Gasteiger partial charge >= 0.3 is 0 Å². The highest BCUT2D eigenvalue weighted by atomic mass is 16.5. The number of methoxy groups -OCH3 is 1. The molecule has 0 saturated carbocycles. The zero-order valence-electron chi connectivity index (χ0n) is 13.1. The van der Waals surface area contributed by atoms with Crippen molar-refractivity contribution in [1.82, 2.24) is 4.90 Å². The van der Waals surface area contributed by atoms with E-state index in [0.29, 0.717) is 0 Å². The summed E-state index contributed by atoms with van der Waals surface area (Å²) in [5, 5.41) is 3.49. The van der Waals surface area contributed by atoms with Gasteiger partial charge in [-0.2, -0.15) is 0 Å². The first-order valence-electron chi connectivity index (χ1n) is 7.30. The first-order chi connectivity index (χ1) is 10.2. The minimum Gasteiger partial charge on any atom is -0.497 e. The van der Waals surface area contributed by atoms with Crippen molar-refractivity contribution in [1.29, 1.82) is 0 Å². The summed E-state index contributed by atoms with van der Waals surface area (Å²) in [5.74, 6) is 0.905. The number of nitrogens with zero attached hydrogens (tertiary/aromatic N) is 1. The molecule has 0 aliphatic heterocycles. The van der Waals surface area contributed by atoms with Gasteiger partial charge in [0, 0.05) is 25.3 Å². The van der Waals surface area contributed by atoms with Crippen molar-refractivity contribution in [2.45, 2.75) is 13.5 Å². The summed E-state index contributed by atoms with van der Waals surface area (Å²) in [6.07, 6.45) is 0. The SMILES string of the molecule is COc1ccc(CN(C)CCNc2ccccc2C)cc1. The van der Waals surface area contributed by atoms with Gasteiger partial charge in [0.15, 0.2) is 0 Å². The van der Waals surface area contributed by atoms with E-state index in [1.54, 1.807) is 7.11 Å². The average molecular weight is 284 g/mol. The van der Waals surface area contributed by atoms with Crippen LogP contribution in [0.15, 0.2) is 48.5 Å². The molecule has 0 fully saturated rings. The first kappa shape index (κ1) is 15.4. The average Bonchev–Trinajstić information content (AvgIpc) is 2.50. The smallest absolute Gasteiger partial charge is 0.118 e. The number of ether oxygens (including phenoxy) is 1. The van der Waals surface area contributed by atoms with Gasteiger partial charge in [-0.1, -0.05) is 30.3 Å². The number of hydrogen-bond donors (Lipinski definition) is 1. The third kappa shape index (κ3) is 4.80. The molecule has 0 atom stereocenters. The third-order valence-corrected chi connectivity index (χ3v) is 3.57. The zero-order chi connectivity index (χ0) is 15.1. The molecule has 21 heavy (non-hydrogen) atoms. The van der Waals surface area contributed by atoms with Crippen LogP contribution in [-0.4, -0.2) is 32.1 Å². The molecular formula is C18H24N2O. The van der Waals surface area contributed by atoms with Gasteiger partial charge in [0.2, 0.25) is 0 Å². The van der Waals surface area contributed by atoms with E-state index in [-0.39, 0.29) is 0 Å². The van der Waals surface area contributed by atoms with E-state index >= 15 is 0 Å². The molecule has 0 bridgehead atoms. The highest BCUT2D eigenvalue weighted by molar-refractivity contribution is 5.50. The van der Waals surface area contributed by atoms with Crippen LogP contribution in [-0.2, 0) is 6.54 Å².